The molecule has 0 saturated heterocycles. The standard InChI is InChI=1S/C14H9BrClN3O2/c1-19-13(20)9-3-2-8(5-10(9)14(19)21)18-12-11(16)4-7(15)6-17-12/h2-6H,1H3,(H,17,18). The summed E-state index contributed by atoms with van der Waals surface area (Å²) in [5.74, 6) is -0.125. The molecule has 5 nitrogen and oxygen atoms in total. The van der Waals surface area contributed by atoms with Crippen molar-refractivity contribution >= 4 is 50.9 Å². The van der Waals surface area contributed by atoms with Gasteiger partial charge in [0.15, 0.2) is 0 Å². The van der Waals surface area contributed by atoms with E-state index in [0.29, 0.717) is 27.7 Å². The predicted octanol–water partition coefficient (Wildman–Crippen LogP) is 3.47. The number of pyridine rings is 1. The highest BCUT2D eigenvalue weighted by Gasteiger charge is 2.32. The number of hydrogen-bond donors (Lipinski definition) is 1. The highest BCUT2D eigenvalue weighted by atomic mass is 79.9. The molecule has 1 aromatic heterocycles. The molecule has 0 atom stereocenters. The first kappa shape index (κ1) is 14.0. The normalized spacial score (nSPS) is 13.6. The van der Waals surface area contributed by atoms with E-state index in [0.717, 1.165) is 9.37 Å². The minimum atomic E-state index is -0.312. The van der Waals surface area contributed by atoms with Gasteiger partial charge in [0.1, 0.15) is 5.82 Å². The average Bonchev–Trinajstić information content (AvgIpc) is 2.67. The van der Waals surface area contributed by atoms with Crippen molar-refractivity contribution < 1.29 is 9.59 Å². The van der Waals surface area contributed by atoms with Crippen LogP contribution in [0.2, 0.25) is 5.02 Å². The fourth-order valence-electron chi connectivity index (χ4n) is 2.08. The summed E-state index contributed by atoms with van der Waals surface area (Å²) >= 11 is 9.37. The molecule has 2 aromatic rings. The third kappa shape index (κ3) is 2.41. The zero-order valence-electron chi connectivity index (χ0n) is 10.9. The number of nitrogens with zero attached hydrogens (tertiary/aromatic N) is 2. The number of rotatable bonds is 2. The molecule has 0 unspecified atom stereocenters. The largest absolute Gasteiger partial charge is 0.339 e. The van der Waals surface area contributed by atoms with E-state index in [9.17, 15) is 9.59 Å². The van der Waals surface area contributed by atoms with E-state index in [4.69, 9.17) is 11.6 Å². The zero-order chi connectivity index (χ0) is 15.1. The topological polar surface area (TPSA) is 62.3 Å². The predicted molar refractivity (Wildman–Crippen MR) is 83.1 cm³/mol. The number of amides is 2. The summed E-state index contributed by atoms with van der Waals surface area (Å²) in [6.07, 6.45) is 1.62. The minimum Gasteiger partial charge on any atom is -0.339 e. The van der Waals surface area contributed by atoms with Gasteiger partial charge in [-0.3, -0.25) is 14.5 Å². The van der Waals surface area contributed by atoms with E-state index < -0.39 is 0 Å². The Kier molecular flexibility index (Phi) is 3.43. The monoisotopic (exact) mass is 365 g/mol. The smallest absolute Gasteiger partial charge is 0.261 e. The summed E-state index contributed by atoms with van der Waals surface area (Å²) in [6, 6.07) is 6.67. The van der Waals surface area contributed by atoms with Crippen LogP contribution in [0.15, 0.2) is 34.9 Å². The highest BCUT2D eigenvalue weighted by Crippen LogP contribution is 2.29. The summed E-state index contributed by atoms with van der Waals surface area (Å²) in [5.41, 5.74) is 1.42. The summed E-state index contributed by atoms with van der Waals surface area (Å²) < 4.78 is 0.773. The molecule has 0 fully saturated rings. The number of carbonyl (C=O) groups is 2. The van der Waals surface area contributed by atoms with Gasteiger partial charge >= 0.3 is 0 Å². The van der Waals surface area contributed by atoms with E-state index in [-0.39, 0.29) is 11.8 Å². The van der Waals surface area contributed by atoms with E-state index in [1.807, 2.05) is 0 Å². The van der Waals surface area contributed by atoms with Gasteiger partial charge in [0.05, 0.1) is 16.1 Å². The molecule has 2 heterocycles. The van der Waals surface area contributed by atoms with Crippen LogP contribution in [0.4, 0.5) is 11.5 Å². The Hall–Kier alpha value is -1.92. The number of hydrogen-bond acceptors (Lipinski definition) is 4. The van der Waals surface area contributed by atoms with Gasteiger partial charge in [0, 0.05) is 23.4 Å². The molecule has 7 heteroatoms. The van der Waals surface area contributed by atoms with Crippen molar-refractivity contribution in [2.75, 3.05) is 12.4 Å². The second kappa shape index (κ2) is 5.13. The lowest BCUT2D eigenvalue weighted by Crippen LogP contribution is -2.24. The molecule has 0 radical (unpaired) electrons. The number of imide groups is 1. The van der Waals surface area contributed by atoms with Crippen LogP contribution in [0.3, 0.4) is 0 Å². The van der Waals surface area contributed by atoms with Crippen molar-refractivity contribution in [3.63, 3.8) is 0 Å². The molecule has 0 spiro atoms. The second-order valence-corrected chi connectivity index (χ2v) is 5.86. The SMILES string of the molecule is CN1C(=O)c2ccc(Nc3ncc(Br)cc3Cl)cc2C1=O. The van der Waals surface area contributed by atoms with Gasteiger partial charge in [-0.1, -0.05) is 11.6 Å². The lowest BCUT2D eigenvalue weighted by molar-refractivity contribution is 0.0693. The van der Waals surface area contributed by atoms with Gasteiger partial charge in [0.25, 0.3) is 11.8 Å². The summed E-state index contributed by atoms with van der Waals surface area (Å²) in [6.45, 7) is 0. The quantitative estimate of drug-likeness (QED) is 0.827. The number of anilines is 2. The molecular weight excluding hydrogens is 358 g/mol. The number of nitrogens with one attached hydrogen (secondary N) is 1. The number of halogens is 2. The second-order valence-electron chi connectivity index (χ2n) is 4.54. The third-order valence-electron chi connectivity index (χ3n) is 3.16. The minimum absolute atomic E-state index is 0.290. The maximum absolute atomic E-state index is 12.0. The van der Waals surface area contributed by atoms with Crippen LogP contribution in [0.5, 0.6) is 0 Å². The molecule has 0 aliphatic carbocycles. The number of aromatic nitrogens is 1. The Morgan fingerprint density at radius 2 is 1.90 bits per heavy atom. The van der Waals surface area contributed by atoms with Crippen molar-refractivity contribution in [1.82, 2.24) is 9.88 Å². The molecule has 0 bridgehead atoms. The Labute approximate surface area is 134 Å². The summed E-state index contributed by atoms with van der Waals surface area (Å²) in [5, 5.41) is 3.48. The Bertz CT molecular complexity index is 779. The molecule has 3 rings (SSSR count). The highest BCUT2D eigenvalue weighted by molar-refractivity contribution is 9.10. The van der Waals surface area contributed by atoms with Crippen LogP contribution in [0, 0.1) is 0 Å². The first-order valence-electron chi connectivity index (χ1n) is 6.02. The summed E-state index contributed by atoms with van der Waals surface area (Å²) in [4.78, 5) is 29.0. The fourth-order valence-corrected chi connectivity index (χ4v) is 2.76. The van der Waals surface area contributed by atoms with Crippen LogP contribution in [-0.4, -0.2) is 28.7 Å². The van der Waals surface area contributed by atoms with Crippen molar-refractivity contribution in [2.24, 2.45) is 0 Å². The van der Waals surface area contributed by atoms with E-state index in [1.54, 1.807) is 30.5 Å². The molecule has 1 aliphatic rings. The first-order chi connectivity index (χ1) is 9.97. The van der Waals surface area contributed by atoms with Crippen LogP contribution in [-0.2, 0) is 0 Å². The first-order valence-corrected chi connectivity index (χ1v) is 7.19. The summed E-state index contributed by atoms with van der Waals surface area (Å²) in [7, 11) is 1.46. The molecule has 1 aromatic carbocycles. The van der Waals surface area contributed by atoms with Gasteiger partial charge < -0.3 is 5.32 Å². The van der Waals surface area contributed by atoms with Crippen LogP contribution >= 0.6 is 27.5 Å². The number of carbonyl (C=O) groups excluding carboxylic acids is 2. The van der Waals surface area contributed by atoms with Crippen LogP contribution < -0.4 is 5.32 Å². The van der Waals surface area contributed by atoms with Crippen molar-refractivity contribution in [3.05, 3.63) is 51.1 Å². The number of fused-ring (bicyclic) bond motifs is 1. The Morgan fingerprint density at radius 3 is 2.62 bits per heavy atom. The molecular formula is C14H9BrClN3O2. The molecule has 106 valence electrons. The van der Waals surface area contributed by atoms with E-state index in [1.165, 1.54) is 7.05 Å². The van der Waals surface area contributed by atoms with Gasteiger partial charge in [-0.05, 0) is 40.2 Å². The van der Waals surface area contributed by atoms with Crippen molar-refractivity contribution in [2.45, 2.75) is 0 Å². The van der Waals surface area contributed by atoms with Crippen molar-refractivity contribution in [1.29, 1.82) is 0 Å². The van der Waals surface area contributed by atoms with Crippen molar-refractivity contribution in [3.8, 4) is 0 Å². The molecule has 0 saturated carbocycles. The molecule has 1 N–H and O–H groups in total. The van der Waals surface area contributed by atoms with E-state index >= 15 is 0 Å². The Morgan fingerprint density at radius 1 is 1.19 bits per heavy atom. The van der Waals surface area contributed by atoms with Gasteiger partial charge in [0.2, 0.25) is 0 Å². The van der Waals surface area contributed by atoms with Crippen LogP contribution in [0.1, 0.15) is 20.7 Å². The van der Waals surface area contributed by atoms with Crippen LogP contribution in [0.25, 0.3) is 0 Å². The van der Waals surface area contributed by atoms with E-state index in [2.05, 4.69) is 26.2 Å². The number of benzene rings is 1. The maximum Gasteiger partial charge on any atom is 0.261 e. The third-order valence-corrected chi connectivity index (χ3v) is 3.88. The lowest BCUT2D eigenvalue weighted by Gasteiger charge is -2.08. The average molecular weight is 367 g/mol. The molecule has 1 aliphatic heterocycles. The fraction of sp³-hybridized carbons (Fsp3) is 0.0714. The van der Waals surface area contributed by atoms with Gasteiger partial charge in [-0.15, -0.1) is 0 Å². The maximum atomic E-state index is 12.0. The van der Waals surface area contributed by atoms with Gasteiger partial charge in [-0.2, -0.15) is 0 Å². The molecule has 2 amide bonds. The Balaban J connectivity index is 1.95. The van der Waals surface area contributed by atoms with Gasteiger partial charge in [-0.25, -0.2) is 4.98 Å². The lowest BCUT2D eigenvalue weighted by atomic mass is 10.1. The molecule has 21 heavy (non-hydrogen) atoms. The zero-order valence-corrected chi connectivity index (χ0v) is 13.2.